The van der Waals surface area contributed by atoms with Crippen LogP contribution in [0.1, 0.15) is 54.1 Å². The Hall–Kier alpha value is -2.83. The van der Waals surface area contributed by atoms with Crippen molar-refractivity contribution in [1.29, 1.82) is 0 Å². The van der Waals surface area contributed by atoms with E-state index in [0.717, 1.165) is 67.3 Å². The highest BCUT2D eigenvalue weighted by Gasteiger charge is 2.26. The van der Waals surface area contributed by atoms with Gasteiger partial charge in [0.1, 0.15) is 6.54 Å². The number of carbonyl (C=O) groups excluding carboxylic acids is 1. The summed E-state index contributed by atoms with van der Waals surface area (Å²) in [6, 6.07) is 5.45. The molecule has 2 aliphatic carbocycles. The molecule has 7 nitrogen and oxygen atoms in total. The zero-order valence-corrected chi connectivity index (χ0v) is 17.0. The fraction of sp³-hybridized carbons (Fsp3) is 0.500. The van der Waals surface area contributed by atoms with Crippen LogP contribution >= 0.6 is 0 Å². The molecule has 1 heterocycles. The lowest BCUT2D eigenvalue weighted by atomic mass is 10.1. The first-order valence-electron chi connectivity index (χ1n) is 10.2. The van der Waals surface area contributed by atoms with Gasteiger partial charge in [0.05, 0.1) is 26.0 Å². The lowest BCUT2D eigenvalue weighted by Gasteiger charge is -2.17. The number of amides is 1. The molecule has 29 heavy (non-hydrogen) atoms. The van der Waals surface area contributed by atoms with E-state index in [9.17, 15) is 9.59 Å². The molecule has 0 radical (unpaired) electrons. The van der Waals surface area contributed by atoms with Crippen LogP contribution in [-0.2, 0) is 30.6 Å². The van der Waals surface area contributed by atoms with Gasteiger partial charge >= 0.3 is 0 Å². The van der Waals surface area contributed by atoms with E-state index in [2.05, 4.69) is 10.4 Å². The number of carbonyl (C=O) groups is 1. The molecular weight excluding hydrogens is 370 g/mol. The monoisotopic (exact) mass is 397 g/mol. The molecule has 2 aromatic rings. The minimum atomic E-state index is -0.209. The van der Waals surface area contributed by atoms with Gasteiger partial charge in [0, 0.05) is 6.07 Å². The Labute approximate surface area is 170 Å². The molecule has 4 rings (SSSR count). The van der Waals surface area contributed by atoms with E-state index in [1.54, 1.807) is 20.3 Å². The molecule has 0 saturated carbocycles. The first-order chi connectivity index (χ1) is 14.1. The van der Waals surface area contributed by atoms with Gasteiger partial charge in [-0.05, 0) is 67.3 Å². The smallest absolute Gasteiger partial charge is 0.267 e. The second-order valence-electron chi connectivity index (χ2n) is 7.74. The van der Waals surface area contributed by atoms with Gasteiger partial charge in [0.25, 0.3) is 5.56 Å². The number of fused-ring (bicyclic) bond motifs is 2. The predicted molar refractivity (Wildman–Crippen MR) is 109 cm³/mol. The highest BCUT2D eigenvalue weighted by Crippen LogP contribution is 2.39. The van der Waals surface area contributed by atoms with Gasteiger partial charge in [-0.25, -0.2) is 4.68 Å². The van der Waals surface area contributed by atoms with Crippen LogP contribution in [0.5, 0.6) is 11.5 Å². The van der Waals surface area contributed by atoms with E-state index in [1.807, 2.05) is 12.1 Å². The number of hydrogen-bond acceptors (Lipinski definition) is 5. The second kappa shape index (κ2) is 8.27. The quantitative estimate of drug-likeness (QED) is 0.783. The fourth-order valence-electron chi connectivity index (χ4n) is 4.35. The second-order valence-corrected chi connectivity index (χ2v) is 7.74. The van der Waals surface area contributed by atoms with Crippen molar-refractivity contribution >= 4 is 5.91 Å². The Morgan fingerprint density at radius 2 is 1.83 bits per heavy atom. The van der Waals surface area contributed by atoms with Gasteiger partial charge in [-0.3, -0.25) is 9.59 Å². The van der Waals surface area contributed by atoms with Crippen molar-refractivity contribution in [3.8, 4) is 11.5 Å². The van der Waals surface area contributed by atoms with Crippen LogP contribution in [-0.4, -0.2) is 29.9 Å². The number of aryl methyl sites for hydroxylation is 3. The molecular formula is C22H27N3O4. The van der Waals surface area contributed by atoms with Crippen molar-refractivity contribution in [1.82, 2.24) is 15.1 Å². The molecule has 1 aromatic heterocycles. The topological polar surface area (TPSA) is 82.4 Å². The predicted octanol–water partition coefficient (Wildman–Crippen LogP) is 2.33. The van der Waals surface area contributed by atoms with E-state index in [4.69, 9.17) is 9.47 Å². The van der Waals surface area contributed by atoms with E-state index in [1.165, 1.54) is 4.68 Å². The van der Waals surface area contributed by atoms with Crippen LogP contribution in [0.15, 0.2) is 23.0 Å². The van der Waals surface area contributed by atoms with Crippen molar-refractivity contribution in [3.05, 3.63) is 50.9 Å². The molecule has 0 unspecified atom stereocenters. The normalized spacial score (nSPS) is 17.8. The summed E-state index contributed by atoms with van der Waals surface area (Å²) in [6.07, 6.45) is 6.76. The number of nitrogens with one attached hydrogen (secondary N) is 1. The Morgan fingerprint density at radius 1 is 1.07 bits per heavy atom. The van der Waals surface area contributed by atoms with Crippen molar-refractivity contribution in [3.63, 3.8) is 0 Å². The van der Waals surface area contributed by atoms with Crippen LogP contribution in [0.3, 0.4) is 0 Å². The van der Waals surface area contributed by atoms with Crippen molar-refractivity contribution < 1.29 is 14.3 Å². The average Bonchev–Trinajstić information content (AvgIpc) is 2.95. The van der Waals surface area contributed by atoms with Crippen molar-refractivity contribution in [2.24, 2.45) is 0 Å². The lowest BCUT2D eigenvalue weighted by molar-refractivity contribution is -0.122. The number of ether oxygens (including phenoxy) is 2. The number of benzene rings is 1. The third-order valence-corrected chi connectivity index (χ3v) is 5.88. The van der Waals surface area contributed by atoms with E-state index >= 15 is 0 Å². The molecule has 1 N–H and O–H groups in total. The molecule has 0 fully saturated rings. The Kier molecular flexibility index (Phi) is 5.56. The van der Waals surface area contributed by atoms with Crippen LogP contribution in [0.2, 0.25) is 0 Å². The molecule has 0 aliphatic heterocycles. The molecule has 7 heteroatoms. The number of aromatic nitrogens is 2. The first-order valence-corrected chi connectivity index (χ1v) is 10.2. The molecule has 0 spiro atoms. The van der Waals surface area contributed by atoms with Gasteiger partial charge in [0.15, 0.2) is 11.5 Å². The highest BCUT2D eigenvalue weighted by atomic mass is 16.5. The summed E-state index contributed by atoms with van der Waals surface area (Å²) in [5, 5.41) is 7.55. The summed E-state index contributed by atoms with van der Waals surface area (Å²) in [4.78, 5) is 25.1. The number of hydrogen-bond donors (Lipinski definition) is 1. The summed E-state index contributed by atoms with van der Waals surface area (Å²) < 4.78 is 12.1. The summed E-state index contributed by atoms with van der Waals surface area (Å²) in [6.45, 7) is -0.0642. The lowest BCUT2D eigenvalue weighted by Crippen LogP contribution is -2.35. The summed E-state index contributed by atoms with van der Waals surface area (Å²) in [7, 11) is 3.22. The number of nitrogens with zero attached hydrogens (tertiary/aromatic N) is 2. The summed E-state index contributed by atoms with van der Waals surface area (Å²) in [5.41, 5.74) is 3.97. The zero-order valence-electron chi connectivity index (χ0n) is 17.0. The van der Waals surface area contributed by atoms with Gasteiger partial charge in [-0.2, -0.15) is 5.10 Å². The van der Waals surface area contributed by atoms with Gasteiger partial charge in [0.2, 0.25) is 5.91 Å². The Balaban J connectivity index is 1.49. The maximum absolute atomic E-state index is 12.7. The highest BCUT2D eigenvalue weighted by molar-refractivity contribution is 5.76. The van der Waals surface area contributed by atoms with Crippen LogP contribution in [0, 0.1) is 0 Å². The number of rotatable bonds is 5. The summed E-state index contributed by atoms with van der Waals surface area (Å²) >= 11 is 0. The average molecular weight is 397 g/mol. The van der Waals surface area contributed by atoms with Crippen LogP contribution < -0.4 is 20.3 Å². The Morgan fingerprint density at radius 3 is 2.62 bits per heavy atom. The Bertz CT molecular complexity index is 983. The molecule has 154 valence electrons. The zero-order chi connectivity index (χ0) is 20.4. The molecule has 1 aromatic carbocycles. The maximum Gasteiger partial charge on any atom is 0.267 e. The number of methoxy groups -OCH3 is 2. The third-order valence-electron chi connectivity index (χ3n) is 5.88. The van der Waals surface area contributed by atoms with Crippen molar-refractivity contribution in [2.75, 3.05) is 14.2 Å². The minimum absolute atomic E-state index is 0.0642. The van der Waals surface area contributed by atoms with Gasteiger partial charge in [-0.1, -0.05) is 6.42 Å². The summed E-state index contributed by atoms with van der Waals surface area (Å²) in [5.74, 6) is 1.14. The van der Waals surface area contributed by atoms with E-state index in [0.29, 0.717) is 11.5 Å². The van der Waals surface area contributed by atoms with Crippen molar-refractivity contribution in [2.45, 2.75) is 57.5 Å². The third kappa shape index (κ3) is 3.99. The fourth-order valence-corrected chi connectivity index (χ4v) is 4.35. The standard InChI is InChI=1S/C22H27N3O4/c1-28-19-10-14-8-9-18(16(14)12-20(19)29-2)23-21(26)13-25-22(27)11-15-6-4-3-5-7-17(15)24-25/h10-12,18H,3-9,13H2,1-2H3,(H,23,26)/t18-/m0/s1. The molecule has 0 saturated heterocycles. The van der Waals surface area contributed by atoms with Crippen LogP contribution in [0.25, 0.3) is 0 Å². The van der Waals surface area contributed by atoms with E-state index < -0.39 is 0 Å². The molecule has 1 amide bonds. The van der Waals surface area contributed by atoms with Crippen LogP contribution in [0.4, 0.5) is 0 Å². The van der Waals surface area contributed by atoms with Gasteiger partial charge in [-0.15, -0.1) is 0 Å². The molecule has 1 atom stereocenters. The largest absolute Gasteiger partial charge is 0.493 e. The van der Waals surface area contributed by atoms with E-state index in [-0.39, 0.29) is 24.1 Å². The van der Waals surface area contributed by atoms with Gasteiger partial charge < -0.3 is 14.8 Å². The first kappa shape index (κ1) is 19.5. The maximum atomic E-state index is 12.7. The molecule has 2 aliphatic rings. The minimum Gasteiger partial charge on any atom is -0.493 e. The SMILES string of the molecule is COc1cc2c(cc1OC)[C@@H](NC(=O)Cn1nc3c(cc1=O)CCCCC3)CC2. The molecule has 0 bridgehead atoms.